The Morgan fingerprint density at radius 1 is 0.735 bits per heavy atom. The van der Waals surface area contributed by atoms with Crippen LogP contribution in [0.5, 0.6) is 11.5 Å². The van der Waals surface area contributed by atoms with Crippen LogP contribution in [0.2, 0.25) is 0 Å². The number of ether oxygens (including phenoxy) is 1. The Bertz CT molecular complexity index is 1710. The predicted molar refractivity (Wildman–Crippen MR) is 134 cm³/mol. The molecular weight excluding hydrogens is 418 g/mol. The summed E-state index contributed by atoms with van der Waals surface area (Å²) in [5, 5.41) is 22.1. The van der Waals surface area contributed by atoms with Gasteiger partial charge in [0, 0.05) is 33.4 Å². The summed E-state index contributed by atoms with van der Waals surface area (Å²) in [6.45, 7) is 6.35. The van der Waals surface area contributed by atoms with Crippen LogP contribution in [-0.2, 0) is 5.41 Å². The fourth-order valence-electron chi connectivity index (χ4n) is 5.34. The molecule has 0 aliphatic carbocycles. The molecule has 162 valence electrons. The minimum Gasteiger partial charge on any atom is -0.457 e. The van der Waals surface area contributed by atoms with E-state index < -0.39 is 0 Å². The lowest BCUT2D eigenvalue weighted by atomic mass is 9.75. The van der Waals surface area contributed by atoms with Crippen molar-refractivity contribution in [3.63, 3.8) is 0 Å². The largest absolute Gasteiger partial charge is 0.457 e. The van der Waals surface area contributed by atoms with Gasteiger partial charge >= 0.3 is 0 Å². The number of aromatic nitrogens is 1. The topological polar surface area (TPSA) is 61.7 Å². The Balaban J connectivity index is 1.76. The van der Waals surface area contributed by atoms with Gasteiger partial charge in [0.1, 0.15) is 23.6 Å². The second-order valence-electron chi connectivity index (χ2n) is 9.37. The number of fused-ring (bicyclic) bond motifs is 5. The summed E-state index contributed by atoms with van der Waals surface area (Å²) in [5.74, 6) is 1.65. The molecule has 4 aromatic carbocycles. The van der Waals surface area contributed by atoms with E-state index >= 15 is 0 Å². The molecule has 0 unspecified atom stereocenters. The van der Waals surface area contributed by atoms with E-state index in [1.54, 1.807) is 0 Å². The van der Waals surface area contributed by atoms with Crippen molar-refractivity contribution in [2.24, 2.45) is 0 Å². The normalized spacial score (nSPS) is 13.6. The van der Waals surface area contributed by atoms with Gasteiger partial charge in [0.05, 0.1) is 27.8 Å². The molecule has 1 aromatic heterocycles. The molecule has 0 saturated carbocycles. The lowest BCUT2D eigenvalue weighted by Gasteiger charge is -2.34. The van der Waals surface area contributed by atoms with Crippen molar-refractivity contribution in [1.82, 2.24) is 4.57 Å². The molecule has 4 nitrogen and oxygen atoms in total. The number of hydrogen-bond acceptors (Lipinski definition) is 3. The molecule has 34 heavy (non-hydrogen) atoms. The lowest BCUT2D eigenvalue weighted by Crippen LogP contribution is -2.24. The number of rotatable bonds is 1. The van der Waals surface area contributed by atoms with Crippen molar-refractivity contribution in [2.45, 2.75) is 26.2 Å². The van der Waals surface area contributed by atoms with Gasteiger partial charge in [-0.15, -0.1) is 0 Å². The zero-order valence-corrected chi connectivity index (χ0v) is 19.2. The highest BCUT2D eigenvalue weighted by molar-refractivity contribution is 6.10. The highest BCUT2D eigenvalue weighted by Crippen LogP contribution is 2.50. The van der Waals surface area contributed by atoms with E-state index in [9.17, 15) is 10.5 Å². The Morgan fingerprint density at radius 2 is 1.41 bits per heavy atom. The number of nitrogens with zero attached hydrogens (tertiary/aromatic N) is 3. The standard InChI is InChI=1S/C30H21N3O/c1-18-12-19(16-31)29(20(13-18)17-32)33-25-10-6-4-8-21(25)22-14-24-28(15-26(22)33)34-27-11-7-5-9-23(27)30(24,2)3/h4-15H,1-3H3. The van der Waals surface area contributed by atoms with Crippen LogP contribution in [0, 0.1) is 29.6 Å². The monoisotopic (exact) mass is 439 g/mol. The third-order valence-corrected chi connectivity index (χ3v) is 6.95. The van der Waals surface area contributed by atoms with Crippen molar-refractivity contribution < 1.29 is 4.74 Å². The summed E-state index contributed by atoms with van der Waals surface area (Å²) in [6, 6.07) is 28.9. The smallest absolute Gasteiger partial charge is 0.133 e. The first-order chi connectivity index (χ1) is 16.4. The maximum absolute atomic E-state index is 9.98. The van der Waals surface area contributed by atoms with E-state index in [1.165, 1.54) is 0 Å². The Hall–Kier alpha value is -4.54. The van der Waals surface area contributed by atoms with Crippen LogP contribution in [0.3, 0.4) is 0 Å². The zero-order valence-electron chi connectivity index (χ0n) is 19.2. The Morgan fingerprint density at radius 3 is 2.15 bits per heavy atom. The molecule has 0 radical (unpaired) electrons. The quantitative estimate of drug-likeness (QED) is 0.276. The summed E-state index contributed by atoms with van der Waals surface area (Å²) in [6.07, 6.45) is 0. The molecule has 0 N–H and O–H groups in total. The molecule has 4 heteroatoms. The van der Waals surface area contributed by atoms with Crippen molar-refractivity contribution in [1.29, 1.82) is 10.5 Å². The molecule has 0 bridgehead atoms. The van der Waals surface area contributed by atoms with E-state index in [4.69, 9.17) is 4.74 Å². The third kappa shape index (κ3) is 2.63. The van der Waals surface area contributed by atoms with Crippen LogP contribution >= 0.6 is 0 Å². The maximum atomic E-state index is 9.98. The molecule has 0 spiro atoms. The van der Waals surface area contributed by atoms with E-state index in [1.807, 2.05) is 60.0 Å². The predicted octanol–water partition coefficient (Wildman–Crippen LogP) is 7.27. The number of benzene rings is 4. The highest BCUT2D eigenvalue weighted by Gasteiger charge is 2.35. The SMILES string of the molecule is Cc1cc(C#N)c(-n2c3ccccc3c3cc4c(cc32)Oc2ccccc2C4(C)C)c(C#N)c1. The second kappa shape index (κ2) is 6.98. The number of hydrogen-bond donors (Lipinski definition) is 0. The summed E-state index contributed by atoms with van der Waals surface area (Å²) < 4.78 is 8.44. The average molecular weight is 440 g/mol. The van der Waals surface area contributed by atoms with Gasteiger partial charge in [0.2, 0.25) is 0 Å². The summed E-state index contributed by atoms with van der Waals surface area (Å²) in [4.78, 5) is 0. The van der Waals surface area contributed by atoms with E-state index in [0.717, 1.165) is 50.0 Å². The molecule has 0 saturated heterocycles. The molecule has 0 fully saturated rings. The number of nitriles is 2. The van der Waals surface area contributed by atoms with Crippen LogP contribution in [0.1, 0.15) is 41.7 Å². The van der Waals surface area contributed by atoms with Crippen LogP contribution in [0.15, 0.2) is 72.8 Å². The average Bonchev–Trinajstić information content (AvgIpc) is 3.15. The van der Waals surface area contributed by atoms with Gasteiger partial charge in [-0.2, -0.15) is 10.5 Å². The highest BCUT2D eigenvalue weighted by atomic mass is 16.5. The van der Waals surface area contributed by atoms with Crippen molar-refractivity contribution >= 4 is 21.8 Å². The van der Waals surface area contributed by atoms with E-state index in [2.05, 4.69) is 50.3 Å². The summed E-state index contributed by atoms with van der Waals surface area (Å²) >= 11 is 0. The molecule has 5 aromatic rings. The first kappa shape index (κ1) is 20.1. The van der Waals surface area contributed by atoms with E-state index in [-0.39, 0.29) is 5.41 Å². The number of aryl methyl sites for hydroxylation is 1. The molecule has 2 heterocycles. The second-order valence-corrected chi connectivity index (χ2v) is 9.37. The van der Waals surface area contributed by atoms with Gasteiger partial charge in [0.25, 0.3) is 0 Å². The van der Waals surface area contributed by atoms with Crippen molar-refractivity contribution in [2.75, 3.05) is 0 Å². The van der Waals surface area contributed by atoms with Crippen molar-refractivity contribution in [3.05, 3.63) is 101 Å². The fraction of sp³-hybridized carbons (Fsp3) is 0.133. The van der Waals surface area contributed by atoms with Crippen molar-refractivity contribution in [3.8, 4) is 29.3 Å². The lowest BCUT2D eigenvalue weighted by molar-refractivity contribution is 0.419. The Labute approximate surface area is 197 Å². The van der Waals surface area contributed by atoms with Gasteiger partial charge in [-0.3, -0.25) is 0 Å². The van der Waals surface area contributed by atoms with Gasteiger partial charge in [-0.05, 0) is 42.8 Å². The molecule has 1 aliphatic rings. The summed E-state index contributed by atoms with van der Waals surface area (Å²) in [7, 11) is 0. The fourth-order valence-corrected chi connectivity index (χ4v) is 5.34. The minimum absolute atomic E-state index is 0.235. The first-order valence-electron chi connectivity index (χ1n) is 11.2. The van der Waals surface area contributed by atoms with E-state index in [0.29, 0.717) is 16.8 Å². The molecule has 1 aliphatic heterocycles. The van der Waals surface area contributed by atoms with Crippen LogP contribution in [0.4, 0.5) is 0 Å². The Kier molecular flexibility index (Phi) is 4.12. The molecular formula is C30H21N3O. The molecule has 0 amide bonds. The number of para-hydroxylation sites is 2. The molecule has 0 atom stereocenters. The third-order valence-electron chi connectivity index (χ3n) is 6.95. The van der Waals surface area contributed by atoms with Crippen LogP contribution in [-0.4, -0.2) is 4.57 Å². The van der Waals surface area contributed by atoms with Crippen LogP contribution in [0.25, 0.3) is 27.5 Å². The summed E-state index contributed by atoms with van der Waals surface area (Å²) in [5.41, 5.74) is 6.34. The van der Waals surface area contributed by atoms with Gasteiger partial charge < -0.3 is 9.30 Å². The zero-order chi connectivity index (χ0) is 23.6. The minimum atomic E-state index is -0.235. The van der Waals surface area contributed by atoms with Gasteiger partial charge in [-0.1, -0.05) is 50.2 Å². The van der Waals surface area contributed by atoms with Crippen LogP contribution < -0.4 is 4.74 Å². The molecule has 6 rings (SSSR count). The van der Waals surface area contributed by atoms with Gasteiger partial charge in [-0.25, -0.2) is 0 Å². The first-order valence-corrected chi connectivity index (χ1v) is 11.2. The van der Waals surface area contributed by atoms with Gasteiger partial charge in [0.15, 0.2) is 0 Å². The maximum Gasteiger partial charge on any atom is 0.133 e.